The predicted octanol–water partition coefficient (Wildman–Crippen LogP) is 5.86. The minimum absolute atomic E-state index is 0.215. The van der Waals surface area contributed by atoms with Crippen LogP contribution in [-0.2, 0) is 13.0 Å². The van der Waals surface area contributed by atoms with Crippen LogP contribution in [0.25, 0.3) is 11.0 Å². The van der Waals surface area contributed by atoms with Crippen LogP contribution in [0.1, 0.15) is 22.5 Å². The summed E-state index contributed by atoms with van der Waals surface area (Å²) in [6.45, 7) is 1.47. The number of fused-ring (bicyclic) bond motifs is 3. The quantitative estimate of drug-likeness (QED) is 0.109. The zero-order chi connectivity index (χ0) is 26.1. The van der Waals surface area contributed by atoms with E-state index in [0.717, 1.165) is 41.1 Å². The number of amidine groups is 2. The van der Waals surface area contributed by atoms with Gasteiger partial charge in [-0.1, -0.05) is 48.0 Å². The van der Waals surface area contributed by atoms with Crippen molar-refractivity contribution in [3.8, 4) is 0 Å². The van der Waals surface area contributed by atoms with Gasteiger partial charge in [0.2, 0.25) is 0 Å². The van der Waals surface area contributed by atoms with E-state index in [-0.39, 0.29) is 11.7 Å². The molecule has 0 unspecified atom stereocenters. The molecule has 1 aliphatic rings. The molecule has 0 radical (unpaired) electrons. The van der Waals surface area contributed by atoms with Gasteiger partial charge in [-0.3, -0.25) is 15.7 Å². The van der Waals surface area contributed by atoms with Crippen molar-refractivity contribution in [2.24, 2.45) is 0 Å². The first-order valence-electron chi connectivity index (χ1n) is 12.3. The maximum atomic E-state index is 9.01. The lowest BCUT2D eigenvalue weighted by molar-refractivity contribution is 0.675. The van der Waals surface area contributed by atoms with Crippen LogP contribution < -0.4 is 15.5 Å². The van der Waals surface area contributed by atoms with Crippen molar-refractivity contribution >= 4 is 51.5 Å². The van der Waals surface area contributed by atoms with E-state index >= 15 is 0 Å². The minimum atomic E-state index is 0.215. The van der Waals surface area contributed by atoms with Gasteiger partial charge in [-0.25, -0.2) is 9.97 Å². The number of pyridine rings is 1. The molecule has 0 bridgehead atoms. The van der Waals surface area contributed by atoms with Crippen LogP contribution in [0, 0.1) is 10.8 Å². The monoisotopic (exact) mass is 520 g/mol. The third-order valence-corrected chi connectivity index (χ3v) is 6.73. The number of benzene rings is 3. The van der Waals surface area contributed by atoms with Gasteiger partial charge in [0.15, 0.2) is 5.82 Å². The van der Waals surface area contributed by atoms with E-state index in [1.807, 2.05) is 78.9 Å². The van der Waals surface area contributed by atoms with Crippen molar-refractivity contribution < 1.29 is 0 Å². The molecular weight excluding hydrogens is 496 g/mol. The van der Waals surface area contributed by atoms with Crippen LogP contribution in [-0.4, -0.2) is 33.2 Å². The number of H-pyrrole nitrogens is 1. The first-order chi connectivity index (χ1) is 18.6. The van der Waals surface area contributed by atoms with Gasteiger partial charge >= 0.3 is 0 Å². The zero-order valence-corrected chi connectivity index (χ0v) is 21.2. The van der Waals surface area contributed by atoms with E-state index in [1.165, 1.54) is 0 Å². The van der Waals surface area contributed by atoms with E-state index in [0.29, 0.717) is 34.2 Å². The van der Waals surface area contributed by atoms with Gasteiger partial charge in [-0.05, 0) is 48.0 Å². The Labute approximate surface area is 224 Å². The fourth-order valence-corrected chi connectivity index (χ4v) is 4.75. The van der Waals surface area contributed by atoms with Crippen LogP contribution in [0.15, 0.2) is 85.1 Å². The molecule has 6 rings (SSSR count). The average Bonchev–Trinajstić information content (AvgIpc) is 3.29. The number of aromatic amines is 1. The highest BCUT2D eigenvalue weighted by Crippen LogP contribution is 2.34. The molecule has 3 aromatic carbocycles. The van der Waals surface area contributed by atoms with Gasteiger partial charge in [0, 0.05) is 41.9 Å². The molecule has 5 N–H and O–H groups in total. The molecule has 0 saturated heterocycles. The van der Waals surface area contributed by atoms with Gasteiger partial charge in [0.25, 0.3) is 0 Å². The molecule has 0 saturated carbocycles. The van der Waals surface area contributed by atoms with E-state index in [1.54, 1.807) is 11.1 Å². The van der Waals surface area contributed by atoms with E-state index in [2.05, 4.69) is 25.6 Å². The number of nitrogens with one attached hydrogen (secondary N) is 5. The van der Waals surface area contributed by atoms with Crippen LogP contribution in [0.3, 0.4) is 0 Å². The molecule has 3 heterocycles. The summed E-state index contributed by atoms with van der Waals surface area (Å²) >= 11 is 6.06. The molecule has 0 spiro atoms. The molecule has 1 aliphatic heterocycles. The number of para-hydroxylation sites is 1. The van der Waals surface area contributed by atoms with Gasteiger partial charge < -0.3 is 15.6 Å². The van der Waals surface area contributed by atoms with Crippen molar-refractivity contribution in [3.63, 3.8) is 0 Å². The highest BCUT2D eigenvalue weighted by molar-refractivity contribution is 6.31. The Morgan fingerprint density at radius 3 is 2.71 bits per heavy atom. The minimum Gasteiger partial charge on any atom is -0.342 e. The SMILES string of the molecule is N=C(c1ccc(CNCCc2nc3ccc(Cl)cc3[nH]2)cc1)N1C(=N)c2ccccc2Nc2ncccc21. The summed E-state index contributed by atoms with van der Waals surface area (Å²) in [5.41, 5.74) is 5.85. The number of hydrogen-bond donors (Lipinski definition) is 5. The molecule has 188 valence electrons. The van der Waals surface area contributed by atoms with Gasteiger partial charge in [-0.15, -0.1) is 0 Å². The number of imidazole rings is 1. The fraction of sp³-hybridized carbons (Fsp3) is 0.103. The first kappa shape index (κ1) is 23.8. The topological polar surface area (TPSA) is 117 Å². The van der Waals surface area contributed by atoms with Gasteiger partial charge in [0.05, 0.1) is 22.4 Å². The molecular formula is C29H25ClN8. The number of anilines is 3. The van der Waals surface area contributed by atoms with Crippen molar-refractivity contribution in [2.45, 2.75) is 13.0 Å². The Hall–Kier alpha value is -4.53. The number of halogens is 1. The summed E-state index contributed by atoms with van der Waals surface area (Å²) in [5.74, 6) is 1.97. The van der Waals surface area contributed by atoms with Crippen molar-refractivity contribution in [3.05, 3.63) is 113 Å². The molecule has 8 nitrogen and oxygen atoms in total. The highest BCUT2D eigenvalue weighted by Gasteiger charge is 2.28. The number of nitrogens with zero attached hydrogens (tertiary/aromatic N) is 3. The molecule has 0 aliphatic carbocycles. The maximum Gasteiger partial charge on any atom is 0.154 e. The summed E-state index contributed by atoms with van der Waals surface area (Å²) in [6.07, 6.45) is 2.48. The summed E-state index contributed by atoms with van der Waals surface area (Å²) < 4.78 is 0. The first-order valence-corrected chi connectivity index (χ1v) is 12.7. The molecule has 2 aromatic heterocycles. The van der Waals surface area contributed by atoms with Gasteiger partial charge in [0.1, 0.15) is 17.5 Å². The number of hydrogen-bond acceptors (Lipinski definition) is 6. The average molecular weight is 521 g/mol. The molecule has 9 heteroatoms. The highest BCUT2D eigenvalue weighted by atomic mass is 35.5. The number of aromatic nitrogens is 3. The Morgan fingerprint density at radius 1 is 1.00 bits per heavy atom. The normalized spacial score (nSPS) is 12.6. The summed E-state index contributed by atoms with van der Waals surface area (Å²) in [7, 11) is 0. The zero-order valence-electron chi connectivity index (χ0n) is 20.4. The third kappa shape index (κ3) is 4.63. The Bertz CT molecular complexity index is 1660. The summed E-state index contributed by atoms with van der Waals surface area (Å²) in [5, 5.41) is 25.4. The maximum absolute atomic E-state index is 9.01. The second-order valence-electron chi connectivity index (χ2n) is 9.04. The summed E-state index contributed by atoms with van der Waals surface area (Å²) in [4.78, 5) is 14.0. The second-order valence-corrected chi connectivity index (χ2v) is 9.48. The molecule has 0 fully saturated rings. The second kappa shape index (κ2) is 10.1. The Morgan fingerprint density at radius 2 is 1.84 bits per heavy atom. The molecule has 0 amide bonds. The van der Waals surface area contributed by atoms with E-state index in [9.17, 15) is 0 Å². The van der Waals surface area contributed by atoms with Gasteiger partial charge in [-0.2, -0.15) is 0 Å². The molecule has 5 aromatic rings. The lowest BCUT2D eigenvalue weighted by Crippen LogP contribution is -2.36. The molecule has 0 atom stereocenters. The van der Waals surface area contributed by atoms with Crippen LogP contribution in [0.5, 0.6) is 0 Å². The summed E-state index contributed by atoms with van der Waals surface area (Å²) in [6, 6.07) is 24.8. The standard InChI is InChI=1S/C29H25ClN8/c30-20-11-12-23-24(16-20)36-26(35-23)13-15-33-17-18-7-9-19(10-8-18)27(31)38-25-6-3-14-34-29(25)37-22-5-2-1-4-21(22)28(38)32/h1-12,14,16,31-33H,13,15,17H2,(H,34,37)(H,35,36). The Kier molecular flexibility index (Phi) is 6.33. The predicted molar refractivity (Wildman–Crippen MR) is 153 cm³/mol. The van der Waals surface area contributed by atoms with E-state index < -0.39 is 0 Å². The van der Waals surface area contributed by atoms with E-state index in [4.69, 9.17) is 22.4 Å². The Balaban J connectivity index is 1.13. The fourth-order valence-electron chi connectivity index (χ4n) is 4.58. The molecule has 38 heavy (non-hydrogen) atoms. The lowest BCUT2D eigenvalue weighted by Gasteiger charge is -2.25. The van der Waals surface area contributed by atoms with Crippen molar-refractivity contribution in [1.29, 1.82) is 10.8 Å². The van der Waals surface area contributed by atoms with Crippen LogP contribution in [0.2, 0.25) is 5.02 Å². The smallest absolute Gasteiger partial charge is 0.154 e. The van der Waals surface area contributed by atoms with Crippen LogP contribution in [0.4, 0.5) is 17.2 Å². The van der Waals surface area contributed by atoms with Crippen molar-refractivity contribution in [2.75, 3.05) is 16.8 Å². The largest absolute Gasteiger partial charge is 0.342 e. The lowest BCUT2D eigenvalue weighted by atomic mass is 10.1. The van der Waals surface area contributed by atoms with Crippen molar-refractivity contribution in [1.82, 2.24) is 20.3 Å². The third-order valence-electron chi connectivity index (χ3n) is 6.50. The van der Waals surface area contributed by atoms with Crippen LogP contribution >= 0.6 is 11.6 Å². The number of rotatable bonds is 6.